The Balaban J connectivity index is 1.59. The van der Waals surface area contributed by atoms with Gasteiger partial charge in [-0.1, -0.05) is 23.7 Å². The zero-order chi connectivity index (χ0) is 20.5. The van der Waals surface area contributed by atoms with Crippen molar-refractivity contribution in [3.63, 3.8) is 0 Å². The van der Waals surface area contributed by atoms with E-state index in [0.717, 1.165) is 22.2 Å². The number of ether oxygens (including phenoxy) is 2. The molecule has 0 aliphatic rings. The lowest BCUT2D eigenvalue weighted by Crippen LogP contribution is -2.11. The molecule has 0 unspecified atom stereocenters. The first-order valence-corrected chi connectivity index (χ1v) is 9.94. The van der Waals surface area contributed by atoms with Gasteiger partial charge in [0, 0.05) is 21.9 Å². The third-order valence-corrected chi connectivity index (χ3v) is 5.58. The molecule has 0 bridgehead atoms. The predicted molar refractivity (Wildman–Crippen MR) is 115 cm³/mol. The van der Waals surface area contributed by atoms with Crippen LogP contribution in [0.5, 0.6) is 11.5 Å². The number of hydrogen-bond acceptors (Lipinski definition) is 6. The molecule has 1 N–H and O–H groups in total. The van der Waals surface area contributed by atoms with Crippen LogP contribution in [0, 0.1) is 6.92 Å². The van der Waals surface area contributed by atoms with E-state index >= 15 is 0 Å². The number of nitrogens with one attached hydrogen (secondary N) is 1. The summed E-state index contributed by atoms with van der Waals surface area (Å²) in [7, 11) is 3.16. The normalized spacial score (nSPS) is 10.9. The number of amides is 1. The van der Waals surface area contributed by atoms with Crippen molar-refractivity contribution in [1.29, 1.82) is 0 Å². The van der Waals surface area contributed by atoms with Crippen molar-refractivity contribution in [3.8, 4) is 22.8 Å². The van der Waals surface area contributed by atoms with Crippen molar-refractivity contribution in [2.24, 2.45) is 0 Å². The molecule has 0 saturated heterocycles. The van der Waals surface area contributed by atoms with Crippen molar-refractivity contribution >= 4 is 44.9 Å². The van der Waals surface area contributed by atoms with Gasteiger partial charge in [0.25, 0.3) is 5.91 Å². The Morgan fingerprint density at radius 1 is 1.17 bits per heavy atom. The number of methoxy groups -OCH3 is 2. The fourth-order valence-corrected chi connectivity index (χ4v) is 3.97. The molecule has 0 saturated carbocycles. The Labute approximate surface area is 176 Å². The summed E-state index contributed by atoms with van der Waals surface area (Å²) in [5, 5.41) is 6.40. The number of benzene rings is 2. The van der Waals surface area contributed by atoms with Gasteiger partial charge in [0.2, 0.25) is 0 Å². The Kier molecular flexibility index (Phi) is 5.17. The number of hydrogen-bond donors (Lipinski definition) is 1. The first-order chi connectivity index (χ1) is 14.0. The molecule has 0 aliphatic carbocycles. The quantitative estimate of drug-likeness (QED) is 0.435. The number of nitrogens with zero attached hydrogens (tertiary/aromatic N) is 1. The molecule has 0 fully saturated rings. The largest absolute Gasteiger partial charge is 0.493 e. The zero-order valence-corrected chi connectivity index (χ0v) is 17.5. The molecule has 148 valence electrons. The van der Waals surface area contributed by atoms with Gasteiger partial charge in [-0.3, -0.25) is 10.1 Å². The van der Waals surface area contributed by atoms with Gasteiger partial charge in [-0.25, -0.2) is 4.98 Å². The number of rotatable bonds is 5. The van der Waals surface area contributed by atoms with Gasteiger partial charge >= 0.3 is 0 Å². The maximum absolute atomic E-state index is 12.7. The van der Waals surface area contributed by atoms with E-state index in [1.807, 2.05) is 42.6 Å². The fourth-order valence-electron chi connectivity index (χ4n) is 3.04. The Morgan fingerprint density at radius 2 is 1.97 bits per heavy atom. The molecule has 1 amide bonds. The van der Waals surface area contributed by atoms with E-state index in [4.69, 9.17) is 25.5 Å². The van der Waals surface area contributed by atoms with E-state index in [9.17, 15) is 4.79 Å². The van der Waals surface area contributed by atoms with E-state index < -0.39 is 0 Å². The number of fused-ring (bicyclic) bond motifs is 1. The van der Waals surface area contributed by atoms with E-state index in [0.29, 0.717) is 27.2 Å². The molecule has 4 aromatic rings. The first-order valence-electron chi connectivity index (χ1n) is 8.68. The topological polar surface area (TPSA) is 73.6 Å². The smallest absolute Gasteiger partial charge is 0.293 e. The van der Waals surface area contributed by atoms with E-state index in [1.54, 1.807) is 20.3 Å². The summed E-state index contributed by atoms with van der Waals surface area (Å²) in [6, 6.07) is 11.0. The standard InChI is InChI=1S/C21H17ClN2O4S/c1-11-13-5-4-6-14(22)19(13)28-18(11)20(25)24-21-23-15(10-29-21)12-7-8-16(26-2)17(9-12)27-3/h4-10H,1-3H3,(H,23,24,25). The average Bonchev–Trinajstić information content (AvgIpc) is 3.33. The molecule has 2 aromatic heterocycles. The van der Waals surface area contributed by atoms with Crippen LogP contribution >= 0.6 is 22.9 Å². The highest BCUT2D eigenvalue weighted by molar-refractivity contribution is 7.14. The van der Waals surface area contributed by atoms with Crippen LogP contribution in [0.2, 0.25) is 5.02 Å². The minimum atomic E-state index is -0.372. The molecule has 0 spiro atoms. The number of carbonyl (C=O) groups excluding carboxylic acids is 1. The highest BCUT2D eigenvalue weighted by Crippen LogP contribution is 2.34. The Bertz CT molecular complexity index is 1210. The predicted octanol–water partition coefficient (Wildman–Crippen LogP) is 5.79. The van der Waals surface area contributed by atoms with Crippen LogP contribution in [0.25, 0.3) is 22.2 Å². The minimum absolute atomic E-state index is 0.218. The highest BCUT2D eigenvalue weighted by Gasteiger charge is 2.20. The third kappa shape index (κ3) is 3.54. The molecular formula is C21H17ClN2O4S. The second-order valence-corrected chi connectivity index (χ2v) is 7.50. The van der Waals surface area contributed by atoms with Gasteiger partial charge < -0.3 is 13.9 Å². The second-order valence-electron chi connectivity index (χ2n) is 6.23. The molecule has 0 radical (unpaired) electrons. The number of anilines is 1. The first kappa shape index (κ1) is 19.3. The lowest BCUT2D eigenvalue weighted by Gasteiger charge is -2.08. The fraction of sp³-hybridized carbons (Fsp3) is 0.143. The van der Waals surface area contributed by atoms with Gasteiger partial charge in [0.15, 0.2) is 28.0 Å². The van der Waals surface area contributed by atoms with Crippen LogP contribution < -0.4 is 14.8 Å². The second kappa shape index (κ2) is 7.77. The van der Waals surface area contributed by atoms with Crippen molar-refractivity contribution in [3.05, 3.63) is 58.1 Å². The number of para-hydroxylation sites is 1. The highest BCUT2D eigenvalue weighted by atomic mass is 35.5. The number of halogens is 1. The van der Waals surface area contributed by atoms with Crippen molar-refractivity contribution < 1.29 is 18.7 Å². The summed E-state index contributed by atoms with van der Waals surface area (Å²) in [6.07, 6.45) is 0. The molecule has 29 heavy (non-hydrogen) atoms. The molecule has 0 aliphatic heterocycles. The maximum atomic E-state index is 12.7. The zero-order valence-electron chi connectivity index (χ0n) is 15.9. The maximum Gasteiger partial charge on any atom is 0.293 e. The van der Waals surface area contributed by atoms with Crippen LogP contribution in [0.4, 0.5) is 5.13 Å². The monoisotopic (exact) mass is 428 g/mol. The van der Waals surface area contributed by atoms with Gasteiger partial charge in [-0.2, -0.15) is 0 Å². The molecule has 0 atom stereocenters. The summed E-state index contributed by atoms with van der Waals surface area (Å²) in [5.41, 5.74) is 2.81. The molecule has 2 aromatic carbocycles. The van der Waals surface area contributed by atoms with Crippen LogP contribution in [0.3, 0.4) is 0 Å². The molecule has 2 heterocycles. The number of aromatic nitrogens is 1. The molecule has 6 nitrogen and oxygen atoms in total. The van der Waals surface area contributed by atoms with E-state index in [2.05, 4.69) is 10.3 Å². The number of furan rings is 1. The van der Waals surface area contributed by atoms with E-state index in [-0.39, 0.29) is 11.7 Å². The number of carbonyl (C=O) groups is 1. The summed E-state index contributed by atoms with van der Waals surface area (Å²) in [5.74, 6) is 1.09. The van der Waals surface area contributed by atoms with E-state index in [1.165, 1.54) is 11.3 Å². The lowest BCUT2D eigenvalue weighted by atomic mass is 10.1. The third-order valence-electron chi connectivity index (χ3n) is 4.53. The Hall–Kier alpha value is -3.03. The summed E-state index contributed by atoms with van der Waals surface area (Å²) in [4.78, 5) is 17.2. The number of aryl methyl sites for hydroxylation is 1. The Morgan fingerprint density at radius 3 is 2.69 bits per heavy atom. The lowest BCUT2D eigenvalue weighted by molar-refractivity contribution is 0.0998. The van der Waals surface area contributed by atoms with Crippen LogP contribution in [0.1, 0.15) is 16.1 Å². The van der Waals surface area contributed by atoms with Gasteiger partial charge in [-0.05, 0) is 31.2 Å². The van der Waals surface area contributed by atoms with Crippen molar-refractivity contribution in [1.82, 2.24) is 4.98 Å². The average molecular weight is 429 g/mol. The van der Waals surface area contributed by atoms with Crippen molar-refractivity contribution in [2.45, 2.75) is 6.92 Å². The molecule has 8 heteroatoms. The van der Waals surface area contributed by atoms with Crippen molar-refractivity contribution in [2.75, 3.05) is 19.5 Å². The molecule has 4 rings (SSSR count). The van der Waals surface area contributed by atoms with Crippen LogP contribution in [-0.4, -0.2) is 25.1 Å². The molecular weight excluding hydrogens is 412 g/mol. The van der Waals surface area contributed by atoms with Crippen LogP contribution in [-0.2, 0) is 0 Å². The summed E-state index contributed by atoms with van der Waals surface area (Å²) >= 11 is 7.49. The summed E-state index contributed by atoms with van der Waals surface area (Å²) < 4.78 is 16.3. The SMILES string of the molecule is COc1ccc(-c2csc(NC(=O)c3oc4c(Cl)cccc4c3C)n2)cc1OC. The minimum Gasteiger partial charge on any atom is -0.493 e. The van der Waals surface area contributed by atoms with Gasteiger partial charge in [0.1, 0.15) is 0 Å². The van der Waals surface area contributed by atoms with Gasteiger partial charge in [0.05, 0.1) is 24.9 Å². The number of thiazole rings is 1. The summed E-state index contributed by atoms with van der Waals surface area (Å²) in [6.45, 7) is 1.83. The van der Waals surface area contributed by atoms with Crippen LogP contribution in [0.15, 0.2) is 46.2 Å². The van der Waals surface area contributed by atoms with Gasteiger partial charge in [-0.15, -0.1) is 11.3 Å².